The van der Waals surface area contributed by atoms with Crippen molar-refractivity contribution in [3.8, 4) is 18.1 Å². The first kappa shape index (κ1) is 30.2. The third-order valence-electron chi connectivity index (χ3n) is 6.06. The van der Waals surface area contributed by atoms with Gasteiger partial charge in [0.1, 0.15) is 29.4 Å². The molecule has 1 aromatic carbocycles. The molecule has 0 radical (unpaired) electrons. The number of carbonyl (C=O) groups excluding carboxylic acids is 1. The van der Waals surface area contributed by atoms with E-state index in [4.69, 9.17) is 30.7 Å². The number of esters is 1. The predicted molar refractivity (Wildman–Crippen MR) is 143 cm³/mol. The maximum absolute atomic E-state index is 14.7. The van der Waals surface area contributed by atoms with Crippen LogP contribution in [0.25, 0.3) is 11.0 Å². The van der Waals surface area contributed by atoms with E-state index in [2.05, 4.69) is 15.1 Å². The van der Waals surface area contributed by atoms with Gasteiger partial charge in [0.05, 0.1) is 12.7 Å². The van der Waals surface area contributed by atoms with Crippen LogP contribution in [0.5, 0.6) is 5.75 Å². The number of nitrogens with two attached hydrogens (primary N) is 1. The second-order valence-corrected chi connectivity index (χ2v) is 11.2. The molecule has 6 N–H and O–H groups in total. The second-order valence-electron chi connectivity index (χ2n) is 9.51. The van der Waals surface area contributed by atoms with Gasteiger partial charge in [-0.05, 0) is 32.9 Å². The summed E-state index contributed by atoms with van der Waals surface area (Å²) in [6.45, 7) is 3.98. The van der Waals surface area contributed by atoms with Gasteiger partial charge in [-0.1, -0.05) is 24.1 Å². The molecule has 2 aromatic heterocycles. The van der Waals surface area contributed by atoms with Gasteiger partial charge >= 0.3 is 13.7 Å². The predicted octanol–water partition coefficient (Wildman–Crippen LogP) is 1.20. The molecular weight excluding hydrogens is 564 g/mol. The number of nitrogens with one attached hydrogen (secondary N) is 2. The number of nitrogen functional groups attached to an aromatic ring is 1. The summed E-state index contributed by atoms with van der Waals surface area (Å²) in [7, 11) is -4.38. The Labute approximate surface area is 233 Å². The van der Waals surface area contributed by atoms with E-state index in [1.54, 1.807) is 32.0 Å². The summed E-state index contributed by atoms with van der Waals surface area (Å²) in [5, 5.41) is 24.1. The summed E-state index contributed by atoms with van der Waals surface area (Å²) < 4.78 is 51.4. The van der Waals surface area contributed by atoms with Crippen LogP contribution in [0.15, 0.2) is 41.3 Å². The van der Waals surface area contributed by atoms with E-state index in [9.17, 15) is 28.8 Å². The Morgan fingerprint density at radius 2 is 2.07 bits per heavy atom. The van der Waals surface area contributed by atoms with Gasteiger partial charge in [0, 0.05) is 6.20 Å². The molecule has 0 saturated carbocycles. The average Bonchev–Trinajstić information content (AvgIpc) is 3.36. The quantitative estimate of drug-likeness (QED) is 0.128. The molecule has 2 unspecified atom stereocenters. The highest BCUT2D eigenvalue weighted by atomic mass is 31.2. The number of carbonyl (C=O) groups is 1. The fourth-order valence-electron chi connectivity index (χ4n) is 4.15. The number of aliphatic hydroxyl groups is 2. The minimum atomic E-state index is -4.38. The summed E-state index contributed by atoms with van der Waals surface area (Å²) in [6.07, 6.45) is 0.884. The summed E-state index contributed by atoms with van der Waals surface area (Å²) in [6, 6.07) is 6.76. The molecule has 1 aliphatic heterocycles. The third-order valence-corrected chi connectivity index (χ3v) is 7.70. The average molecular weight is 594 g/mol. The van der Waals surface area contributed by atoms with Crippen molar-refractivity contribution in [2.24, 2.45) is 0 Å². The molecule has 6 atom stereocenters. The SMILES string of the molecule is C#CC1(O)[C@@H](O)[C@@H](COP(=O)(N[C@@H](C)C(=O)OC(C)C)Oc2ccccc2)O[C@H]1n1cc(F)c2c(=O)[nH]c(N)nc21. The number of halogens is 1. The normalized spacial score (nSPS) is 24.6. The molecule has 1 saturated heterocycles. The van der Waals surface area contributed by atoms with Crippen molar-refractivity contribution in [2.75, 3.05) is 12.3 Å². The topological polar surface area (TPSA) is 200 Å². The number of hydrogen-bond acceptors (Lipinski definition) is 11. The van der Waals surface area contributed by atoms with Gasteiger partial charge in [0.2, 0.25) is 5.95 Å². The summed E-state index contributed by atoms with van der Waals surface area (Å²) in [5.74, 6) is 0.0637. The van der Waals surface area contributed by atoms with E-state index in [0.717, 1.165) is 10.8 Å². The molecule has 0 amide bonds. The van der Waals surface area contributed by atoms with Gasteiger partial charge in [-0.2, -0.15) is 10.1 Å². The van der Waals surface area contributed by atoms with Gasteiger partial charge in [0.25, 0.3) is 5.56 Å². The zero-order chi connectivity index (χ0) is 30.1. The van der Waals surface area contributed by atoms with Crippen LogP contribution in [-0.4, -0.2) is 67.3 Å². The number of H-pyrrole nitrogens is 1. The summed E-state index contributed by atoms with van der Waals surface area (Å²) in [4.78, 5) is 30.7. The molecule has 41 heavy (non-hydrogen) atoms. The molecule has 3 aromatic rings. The van der Waals surface area contributed by atoms with E-state index in [1.165, 1.54) is 19.1 Å². The van der Waals surface area contributed by atoms with Crippen LogP contribution in [0.1, 0.15) is 27.0 Å². The van der Waals surface area contributed by atoms with Gasteiger partial charge in [0.15, 0.2) is 23.3 Å². The Kier molecular flexibility index (Phi) is 8.55. The number of fused-ring (bicyclic) bond motifs is 1. The number of benzene rings is 1. The lowest BCUT2D eigenvalue weighted by Gasteiger charge is -2.26. The highest BCUT2D eigenvalue weighted by Gasteiger charge is 2.56. The van der Waals surface area contributed by atoms with Crippen molar-refractivity contribution in [1.82, 2.24) is 19.6 Å². The number of aromatic nitrogens is 3. The van der Waals surface area contributed by atoms with Crippen molar-refractivity contribution in [3.63, 3.8) is 0 Å². The minimum absolute atomic E-state index is 0.127. The van der Waals surface area contributed by atoms with Crippen LogP contribution in [-0.2, 0) is 23.4 Å². The van der Waals surface area contributed by atoms with Crippen LogP contribution < -0.4 is 20.9 Å². The third kappa shape index (κ3) is 6.13. The lowest BCUT2D eigenvalue weighted by Crippen LogP contribution is -2.46. The number of aliphatic hydroxyl groups excluding tert-OH is 1. The molecule has 16 heteroatoms. The number of para-hydroxylation sites is 1. The Balaban J connectivity index is 1.62. The molecule has 14 nitrogen and oxygen atoms in total. The standard InChI is InChI=1S/C25H29FN5O9P/c1-5-25(35)19(32)17(39-23(25)31-11-16(26)18-20(31)28-24(27)29-21(18)33)12-37-41(36,40-15-9-7-6-8-10-15)30-14(4)22(34)38-13(2)3/h1,6-11,13-14,17,19,23,32,35H,12H2,2-4H3,(H,30,36)(H3,27,28,29,33)/t14-,17+,19-,23+,25?,41?/m0/s1. The van der Waals surface area contributed by atoms with Crippen LogP contribution in [0, 0.1) is 18.2 Å². The molecule has 1 aliphatic rings. The van der Waals surface area contributed by atoms with Gasteiger partial charge < -0.3 is 29.9 Å². The van der Waals surface area contributed by atoms with Gasteiger partial charge in [-0.15, -0.1) is 6.42 Å². The highest BCUT2D eigenvalue weighted by molar-refractivity contribution is 7.52. The number of hydrogen-bond donors (Lipinski definition) is 5. The smallest absolute Gasteiger partial charge is 0.459 e. The van der Waals surface area contributed by atoms with Crippen molar-refractivity contribution < 1.29 is 42.5 Å². The number of rotatable bonds is 10. The fraction of sp³-hybridized carbons (Fsp3) is 0.400. The molecule has 0 spiro atoms. The molecule has 1 fully saturated rings. The van der Waals surface area contributed by atoms with E-state index >= 15 is 0 Å². The zero-order valence-corrected chi connectivity index (χ0v) is 23.1. The molecule has 4 rings (SSSR count). The maximum Gasteiger partial charge on any atom is 0.459 e. The van der Waals surface area contributed by atoms with E-state index in [-0.39, 0.29) is 17.3 Å². The lowest BCUT2D eigenvalue weighted by molar-refractivity contribution is -0.149. The highest BCUT2D eigenvalue weighted by Crippen LogP contribution is 2.47. The van der Waals surface area contributed by atoms with Crippen molar-refractivity contribution in [1.29, 1.82) is 0 Å². The zero-order valence-electron chi connectivity index (χ0n) is 22.2. The number of anilines is 1. The molecular formula is C25H29FN5O9P. The molecule has 0 aliphatic carbocycles. The number of nitrogens with zero attached hydrogens (tertiary/aromatic N) is 2. The van der Waals surface area contributed by atoms with E-state index in [1.807, 2.05) is 5.92 Å². The second kappa shape index (κ2) is 11.6. The largest absolute Gasteiger partial charge is 0.462 e. The molecule has 0 bridgehead atoms. The molecule has 3 heterocycles. The summed E-state index contributed by atoms with van der Waals surface area (Å²) in [5.41, 5.74) is 1.91. The number of ether oxygens (including phenoxy) is 2. The Morgan fingerprint density at radius 3 is 2.71 bits per heavy atom. The Morgan fingerprint density at radius 1 is 1.39 bits per heavy atom. The van der Waals surface area contributed by atoms with E-state index in [0.29, 0.717) is 0 Å². The minimum Gasteiger partial charge on any atom is -0.462 e. The van der Waals surface area contributed by atoms with Crippen molar-refractivity contribution in [3.05, 3.63) is 52.7 Å². The van der Waals surface area contributed by atoms with E-state index < -0.39 is 73.3 Å². The maximum atomic E-state index is 14.7. The van der Waals surface area contributed by atoms with Crippen molar-refractivity contribution in [2.45, 2.75) is 57.0 Å². The molecule has 220 valence electrons. The van der Waals surface area contributed by atoms with Gasteiger partial charge in [-0.25, -0.2) is 8.96 Å². The lowest BCUT2D eigenvalue weighted by atomic mass is 9.95. The van der Waals surface area contributed by atoms with Crippen LogP contribution >= 0.6 is 7.75 Å². The van der Waals surface area contributed by atoms with Crippen LogP contribution in [0.2, 0.25) is 0 Å². The Bertz CT molecular complexity index is 1570. The van der Waals surface area contributed by atoms with Crippen LogP contribution in [0.3, 0.4) is 0 Å². The first-order valence-corrected chi connectivity index (χ1v) is 13.9. The number of aromatic amines is 1. The summed E-state index contributed by atoms with van der Waals surface area (Å²) >= 11 is 0. The first-order chi connectivity index (χ1) is 19.3. The monoisotopic (exact) mass is 593 g/mol. The number of terminal acetylenes is 1. The van der Waals surface area contributed by atoms with Crippen LogP contribution in [0.4, 0.5) is 10.3 Å². The van der Waals surface area contributed by atoms with Gasteiger partial charge in [-0.3, -0.25) is 23.7 Å². The Hall–Kier alpha value is -3.77. The fourth-order valence-corrected chi connectivity index (χ4v) is 5.65. The first-order valence-electron chi connectivity index (χ1n) is 12.3. The van der Waals surface area contributed by atoms with Crippen molar-refractivity contribution >= 4 is 30.7 Å².